The zero-order valence-electron chi connectivity index (χ0n) is 6.77. The highest BCUT2D eigenvalue weighted by atomic mass is 14.9. The maximum atomic E-state index is 3.61. The molecule has 2 heterocycles. The molecule has 0 aromatic rings. The summed E-state index contributed by atoms with van der Waals surface area (Å²) >= 11 is 0. The molecule has 1 aliphatic carbocycles. The van der Waals surface area contributed by atoms with E-state index >= 15 is 0 Å². The van der Waals surface area contributed by atoms with Gasteiger partial charge in [-0.1, -0.05) is 6.92 Å². The van der Waals surface area contributed by atoms with Crippen LogP contribution in [0.1, 0.15) is 32.6 Å². The normalized spacial score (nSPS) is 47.1. The van der Waals surface area contributed by atoms with Crippen molar-refractivity contribution >= 4 is 0 Å². The molecule has 2 bridgehead atoms. The van der Waals surface area contributed by atoms with Crippen molar-refractivity contribution in [1.82, 2.24) is 5.32 Å². The molecule has 2 aliphatic heterocycles. The van der Waals surface area contributed by atoms with E-state index in [4.69, 9.17) is 0 Å². The molecular formula is C9H17N. The van der Waals surface area contributed by atoms with E-state index in [2.05, 4.69) is 12.2 Å². The van der Waals surface area contributed by atoms with E-state index in [1.165, 1.54) is 32.2 Å². The molecule has 3 fully saturated rings. The number of nitrogens with one attached hydrogen (secondary N) is 1. The van der Waals surface area contributed by atoms with Crippen molar-refractivity contribution in [3.05, 3.63) is 0 Å². The molecule has 0 aromatic heterocycles. The summed E-state index contributed by atoms with van der Waals surface area (Å²) in [5, 5.41) is 3.61. The Morgan fingerprint density at radius 2 is 1.90 bits per heavy atom. The molecule has 1 N–H and O–H groups in total. The largest absolute Gasteiger partial charge is 0.314 e. The Morgan fingerprint density at radius 1 is 1.10 bits per heavy atom. The summed E-state index contributed by atoms with van der Waals surface area (Å²) in [7, 11) is 0. The van der Waals surface area contributed by atoms with Crippen LogP contribution in [0.25, 0.3) is 0 Å². The maximum absolute atomic E-state index is 3.61. The third kappa shape index (κ3) is 1.07. The minimum absolute atomic E-state index is 0.876. The minimum atomic E-state index is 0.876. The van der Waals surface area contributed by atoms with E-state index in [1.807, 2.05) is 0 Å². The van der Waals surface area contributed by atoms with Gasteiger partial charge < -0.3 is 5.32 Å². The van der Waals surface area contributed by atoms with E-state index in [0.29, 0.717) is 0 Å². The molecule has 3 unspecified atom stereocenters. The quantitative estimate of drug-likeness (QED) is 0.539. The SMILES string of the molecule is CC1CCC2CCC1CN2. The number of hydrogen-bond donors (Lipinski definition) is 1. The summed E-state index contributed by atoms with van der Waals surface area (Å²) in [5.41, 5.74) is 0. The summed E-state index contributed by atoms with van der Waals surface area (Å²) in [6.07, 6.45) is 5.81. The predicted octanol–water partition coefficient (Wildman–Crippen LogP) is 1.78. The first kappa shape index (κ1) is 6.66. The van der Waals surface area contributed by atoms with Crippen molar-refractivity contribution in [2.45, 2.75) is 38.6 Å². The van der Waals surface area contributed by atoms with Crippen LogP contribution in [0.2, 0.25) is 0 Å². The van der Waals surface area contributed by atoms with Crippen LogP contribution in [0, 0.1) is 11.8 Å². The second-order valence-corrected chi connectivity index (χ2v) is 4.00. The molecule has 3 aliphatic rings. The van der Waals surface area contributed by atoms with Gasteiger partial charge in [0, 0.05) is 6.04 Å². The van der Waals surface area contributed by atoms with Gasteiger partial charge in [-0.3, -0.25) is 0 Å². The number of piperidine rings is 1. The Morgan fingerprint density at radius 3 is 2.60 bits per heavy atom. The molecule has 0 spiro atoms. The molecule has 10 heavy (non-hydrogen) atoms. The Balaban J connectivity index is 2.07. The lowest BCUT2D eigenvalue weighted by atomic mass is 9.89. The van der Waals surface area contributed by atoms with Gasteiger partial charge in [0.15, 0.2) is 0 Å². The van der Waals surface area contributed by atoms with Crippen LogP contribution in [0.3, 0.4) is 0 Å². The van der Waals surface area contributed by atoms with Crippen LogP contribution in [0.4, 0.5) is 0 Å². The van der Waals surface area contributed by atoms with Crippen molar-refractivity contribution in [1.29, 1.82) is 0 Å². The third-order valence-corrected chi connectivity index (χ3v) is 3.33. The van der Waals surface area contributed by atoms with Crippen LogP contribution < -0.4 is 5.32 Å². The number of hydrogen-bond acceptors (Lipinski definition) is 1. The van der Waals surface area contributed by atoms with E-state index in [-0.39, 0.29) is 0 Å². The van der Waals surface area contributed by atoms with E-state index < -0.39 is 0 Å². The van der Waals surface area contributed by atoms with Gasteiger partial charge in [0.1, 0.15) is 0 Å². The summed E-state index contributed by atoms with van der Waals surface area (Å²) in [6.45, 7) is 3.71. The molecule has 1 saturated carbocycles. The lowest BCUT2D eigenvalue weighted by molar-refractivity contribution is 0.293. The standard InChI is InChI=1S/C9H17N/c1-7-2-4-9-5-3-8(7)6-10-9/h7-10H,2-6H2,1H3. The van der Waals surface area contributed by atoms with E-state index in [1.54, 1.807) is 0 Å². The van der Waals surface area contributed by atoms with Gasteiger partial charge >= 0.3 is 0 Å². The van der Waals surface area contributed by atoms with Crippen LogP contribution in [-0.4, -0.2) is 12.6 Å². The van der Waals surface area contributed by atoms with Crippen LogP contribution in [0.5, 0.6) is 0 Å². The summed E-state index contributed by atoms with van der Waals surface area (Å²) < 4.78 is 0. The average Bonchev–Trinajstić information content (AvgIpc) is 2.24. The highest BCUT2D eigenvalue weighted by Gasteiger charge is 2.28. The fourth-order valence-electron chi connectivity index (χ4n) is 2.37. The smallest absolute Gasteiger partial charge is 0.00673 e. The van der Waals surface area contributed by atoms with Gasteiger partial charge in [-0.05, 0) is 44.1 Å². The highest BCUT2D eigenvalue weighted by molar-refractivity contribution is 4.85. The van der Waals surface area contributed by atoms with Crippen molar-refractivity contribution in [2.24, 2.45) is 11.8 Å². The maximum Gasteiger partial charge on any atom is 0.00673 e. The van der Waals surface area contributed by atoms with Gasteiger partial charge in [-0.25, -0.2) is 0 Å². The Kier molecular flexibility index (Phi) is 1.69. The first-order valence-corrected chi connectivity index (χ1v) is 4.59. The lowest BCUT2D eigenvalue weighted by Crippen LogP contribution is -2.36. The Labute approximate surface area is 63.2 Å². The molecule has 2 saturated heterocycles. The third-order valence-electron chi connectivity index (χ3n) is 3.33. The Hall–Kier alpha value is -0.0400. The highest BCUT2D eigenvalue weighted by Crippen LogP contribution is 2.31. The van der Waals surface area contributed by atoms with Gasteiger partial charge in [0.05, 0.1) is 0 Å². The zero-order chi connectivity index (χ0) is 6.97. The average molecular weight is 139 g/mol. The molecule has 0 radical (unpaired) electrons. The zero-order valence-corrected chi connectivity index (χ0v) is 6.77. The molecule has 0 aromatic carbocycles. The molecular weight excluding hydrogens is 122 g/mol. The minimum Gasteiger partial charge on any atom is -0.314 e. The molecule has 0 amide bonds. The number of rotatable bonds is 0. The monoisotopic (exact) mass is 139 g/mol. The first-order chi connectivity index (χ1) is 4.86. The molecule has 3 rings (SSSR count). The van der Waals surface area contributed by atoms with Gasteiger partial charge in [0.25, 0.3) is 0 Å². The Bertz CT molecular complexity index is 114. The van der Waals surface area contributed by atoms with E-state index in [9.17, 15) is 0 Å². The van der Waals surface area contributed by atoms with Crippen molar-refractivity contribution < 1.29 is 0 Å². The second kappa shape index (κ2) is 2.54. The van der Waals surface area contributed by atoms with E-state index in [0.717, 1.165) is 17.9 Å². The summed E-state index contributed by atoms with van der Waals surface area (Å²) in [4.78, 5) is 0. The molecule has 1 heteroatoms. The van der Waals surface area contributed by atoms with Crippen LogP contribution >= 0.6 is 0 Å². The lowest BCUT2D eigenvalue weighted by Gasteiger charge is -2.26. The fourth-order valence-corrected chi connectivity index (χ4v) is 2.37. The fraction of sp³-hybridized carbons (Fsp3) is 1.00. The van der Waals surface area contributed by atoms with Gasteiger partial charge in [0.2, 0.25) is 0 Å². The molecule has 58 valence electrons. The predicted molar refractivity (Wildman–Crippen MR) is 42.9 cm³/mol. The van der Waals surface area contributed by atoms with Crippen molar-refractivity contribution in [3.8, 4) is 0 Å². The van der Waals surface area contributed by atoms with Crippen LogP contribution in [-0.2, 0) is 0 Å². The van der Waals surface area contributed by atoms with Gasteiger partial charge in [-0.2, -0.15) is 0 Å². The van der Waals surface area contributed by atoms with Crippen molar-refractivity contribution in [2.75, 3.05) is 6.54 Å². The number of fused-ring (bicyclic) bond motifs is 4. The summed E-state index contributed by atoms with van der Waals surface area (Å²) in [5.74, 6) is 1.98. The topological polar surface area (TPSA) is 12.0 Å². The second-order valence-electron chi connectivity index (χ2n) is 4.00. The van der Waals surface area contributed by atoms with Gasteiger partial charge in [-0.15, -0.1) is 0 Å². The first-order valence-electron chi connectivity index (χ1n) is 4.59. The summed E-state index contributed by atoms with van der Waals surface area (Å²) in [6, 6.07) is 0.876. The van der Waals surface area contributed by atoms with Crippen LogP contribution in [0.15, 0.2) is 0 Å². The van der Waals surface area contributed by atoms with Crippen molar-refractivity contribution in [3.63, 3.8) is 0 Å². The molecule has 3 atom stereocenters. The molecule has 1 nitrogen and oxygen atoms in total.